The highest BCUT2D eigenvalue weighted by molar-refractivity contribution is 9.10. The second-order valence-electron chi connectivity index (χ2n) is 2.13. The van der Waals surface area contributed by atoms with Gasteiger partial charge in [-0.2, -0.15) is 0 Å². The zero-order valence-corrected chi connectivity index (χ0v) is 8.10. The molecule has 0 atom stereocenters. The number of rotatable bonds is 0. The summed E-state index contributed by atoms with van der Waals surface area (Å²) in [5.74, 6) is 0. The fraction of sp³-hybridized carbons (Fsp3) is 0. The van der Waals surface area contributed by atoms with Gasteiger partial charge in [-0.3, -0.25) is 0 Å². The molecule has 2 aromatic rings. The van der Waals surface area contributed by atoms with E-state index in [2.05, 4.69) is 15.9 Å². The second-order valence-corrected chi connectivity index (χ2v) is 3.30. The van der Waals surface area contributed by atoms with Crippen LogP contribution < -0.4 is 0 Å². The normalized spacial score (nSPS) is 17.5. The van der Waals surface area contributed by atoms with Crippen molar-refractivity contribution >= 4 is 38.3 Å². The lowest BCUT2D eigenvalue weighted by molar-refractivity contribution is 1.70. The van der Waals surface area contributed by atoms with Crippen molar-refractivity contribution in [3.05, 3.63) is 45.7 Å². The molecule has 0 fully saturated rings. The molecule has 0 aliphatic rings. The van der Waals surface area contributed by atoms with Crippen LogP contribution in [0.1, 0.15) is 8.22 Å². The molecule has 0 radical (unpaired) electrons. The fourth-order valence-corrected chi connectivity index (χ4v) is 1.27. The molecule has 2 heteroatoms. The number of halogens is 2. The lowest BCUT2D eigenvalue weighted by Gasteiger charge is -1.98. The van der Waals surface area contributed by atoms with Crippen molar-refractivity contribution in [3.63, 3.8) is 0 Å². The molecule has 12 heavy (non-hydrogen) atoms. The van der Waals surface area contributed by atoms with Gasteiger partial charge in [0.25, 0.3) is 0 Å². The van der Waals surface area contributed by atoms with Gasteiger partial charge < -0.3 is 0 Å². The minimum Gasteiger partial charge on any atom is -0.0843 e. The highest BCUT2D eigenvalue weighted by atomic mass is 79.9. The van der Waals surface area contributed by atoms with Crippen LogP contribution >= 0.6 is 27.5 Å². The Kier molecular flexibility index (Phi) is 0.945. The zero-order valence-electron chi connectivity index (χ0n) is 11.8. The Balaban J connectivity index is 3.22. The van der Waals surface area contributed by atoms with Gasteiger partial charge in [0.15, 0.2) is 0 Å². The summed E-state index contributed by atoms with van der Waals surface area (Å²) >= 11 is 8.78. The van der Waals surface area contributed by atoms with Gasteiger partial charge in [0.1, 0.15) is 0 Å². The van der Waals surface area contributed by atoms with Gasteiger partial charge in [-0.15, -0.1) is 0 Å². The third kappa shape index (κ3) is 1.47. The molecule has 60 valence electrons. The average molecular weight is 248 g/mol. The molecule has 2 aromatic carbocycles. The van der Waals surface area contributed by atoms with Crippen molar-refractivity contribution in [2.75, 3.05) is 0 Å². The Morgan fingerprint density at radius 1 is 1.08 bits per heavy atom. The fourth-order valence-electron chi connectivity index (χ4n) is 0.829. The first-order valence-corrected chi connectivity index (χ1v) is 4.30. The minimum absolute atomic E-state index is 0.00211. The van der Waals surface area contributed by atoms with Gasteiger partial charge in [-0.25, -0.2) is 0 Å². The molecular weight excluding hydrogens is 235 g/mol. The Hall–Kier alpha value is -0.530. The van der Waals surface area contributed by atoms with Crippen LogP contribution in [0.15, 0.2) is 40.7 Å². The molecule has 0 N–H and O–H groups in total. The Morgan fingerprint density at radius 3 is 2.58 bits per heavy atom. The molecule has 0 spiro atoms. The van der Waals surface area contributed by atoms with E-state index in [1.807, 2.05) is 0 Å². The molecule has 0 heterocycles. The van der Waals surface area contributed by atoms with E-state index >= 15 is 0 Å². The highest BCUT2D eigenvalue weighted by Crippen LogP contribution is 2.22. The largest absolute Gasteiger partial charge is 0.0843 e. The van der Waals surface area contributed by atoms with E-state index in [0.29, 0.717) is 0 Å². The van der Waals surface area contributed by atoms with Crippen LogP contribution in [0.4, 0.5) is 0 Å². The lowest BCUT2D eigenvalue weighted by Crippen LogP contribution is -1.72. The van der Waals surface area contributed by atoms with Crippen LogP contribution in [0.2, 0.25) is 5.02 Å². The Labute approximate surface area is 92.7 Å². The summed E-state index contributed by atoms with van der Waals surface area (Å²) in [6, 6.07) is -1.60. The maximum absolute atomic E-state index is 7.85. The third-order valence-electron chi connectivity index (χ3n) is 1.31. The van der Waals surface area contributed by atoms with Gasteiger partial charge in [-0.05, 0) is 34.9 Å². The van der Waals surface area contributed by atoms with E-state index in [-0.39, 0.29) is 56.5 Å². The Bertz CT molecular complexity index is 571. The molecule has 0 aliphatic carbocycles. The maximum Gasteiger partial charge on any atom is 0.0645 e. The predicted molar refractivity (Wildman–Crippen MR) is 56.7 cm³/mol. The molecule has 0 aromatic heterocycles. The summed E-state index contributed by atoms with van der Waals surface area (Å²) in [7, 11) is 0. The van der Waals surface area contributed by atoms with E-state index in [4.69, 9.17) is 19.8 Å². The monoisotopic (exact) mass is 246 g/mol. The summed E-state index contributed by atoms with van der Waals surface area (Å²) in [5.41, 5.74) is 0. The van der Waals surface area contributed by atoms with Crippen molar-refractivity contribution < 1.29 is 8.22 Å². The molecule has 0 unspecified atom stereocenters. The van der Waals surface area contributed by atoms with Crippen molar-refractivity contribution in [1.29, 1.82) is 0 Å². The van der Waals surface area contributed by atoms with Gasteiger partial charge in [0.05, 0.1) is 8.22 Å². The highest BCUT2D eigenvalue weighted by Gasteiger charge is 1.94. The first-order valence-electron chi connectivity index (χ1n) is 6.13. The van der Waals surface area contributed by atoms with E-state index in [0.717, 1.165) is 0 Å². The zero-order chi connectivity index (χ0) is 13.8. The molecule has 2 rings (SSSR count). The van der Waals surface area contributed by atoms with Crippen LogP contribution in [0.25, 0.3) is 10.8 Å². The van der Waals surface area contributed by atoms with Crippen LogP contribution in [-0.4, -0.2) is 0 Å². The molecule has 0 aliphatic heterocycles. The molecule has 0 nitrogen and oxygen atoms in total. The SMILES string of the molecule is [2H]c1c(Br)c([2H])c2c([2H])c([2H])c(Cl)c([2H])c2c1[2H]. The van der Waals surface area contributed by atoms with Crippen LogP contribution in [-0.2, 0) is 0 Å². The van der Waals surface area contributed by atoms with Gasteiger partial charge >= 0.3 is 0 Å². The van der Waals surface area contributed by atoms with Gasteiger partial charge in [0, 0.05) is 9.50 Å². The van der Waals surface area contributed by atoms with E-state index in [9.17, 15) is 0 Å². The van der Waals surface area contributed by atoms with Crippen molar-refractivity contribution in [2.24, 2.45) is 0 Å². The molecular formula is C10H6BrCl. The van der Waals surface area contributed by atoms with Crippen LogP contribution in [0.3, 0.4) is 0 Å². The van der Waals surface area contributed by atoms with E-state index in [1.54, 1.807) is 0 Å². The van der Waals surface area contributed by atoms with Gasteiger partial charge in [-0.1, -0.05) is 39.6 Å². The molecule has 0 saturated carbocycles. The first-order chi connectivity index (χ1) is 8.29. The number of benzene rings is 2. The summed E-state index contributed by atoms with van der Waals surface area (Å²) in [4.78, 5) is 0. The quantitative estimate of drug-likeness (QED) is 0.653. The number of hydrogen-bond acceptors (Lipinski definition) is 0. The third-order valence-corrected chi connectivity index (χ3v) is 1.90. The van der Waals surface area contributed by atoms with Crippen molar-refractivity contribution in [1.82, 2.24) is 0 Å². The smallest absolute Gasteiger partial charge is 0.0645 e. The van der Waals surface area contributed by atoms with Crippen LogP contribution in [0.5, 0.6) is 0 Å². The van der Waals surface area contributed by atoms with Crippen molar-refractivity contribution in [2.45, 2.75) is 0 Å². The summed E-state index contributed by atoms with van der Waals surface area (Å²) in [5, 5.41) is -0.261. The molecule has 0 amide bonds. The maximum atomic E-state index is 7.85. The Morgan fingerprint density at radius 2 is 1.75 bits per heavy atom. The molecule has 0 saturated heterocycles. The van der Waals surface area contributed by atoms with Crippen molar-refractivity contribution in [3.8, 4) is 0 Å². The summed E-state index contributed by atoms with van der Waals surface area (Å²) in [6.45, 7) is 0. The predicted octanol–water partition coefficient (Wildman–Crippen LogP) is 4.26. The standard InChI is InChI=1S/C10H6BrCl/c11-9-3-1-8-6-10(12)4-2-7(8)5-9/h1-6H/i1D,2D,3D,4D,5D,6D. The summed E-state index contributed by atoms with van der Waals surface area (Å²) < 4.78 is 46.6. The average Bonchev–Trinajstić information content (AvgIpc) is 2.35. The van der Waals surface area contributed by atoms with E-state index in [1.165, 1.54) is 0 Å². The number of fused-ring (bicyclic) bond motifs is 1. The minimum atomic E-state index is -0.341. The topological polar surface area (TPSA) is 0 Å². The first kappa shape index (κ1) is 3.69. The van der Waals surface area contributed by atoms with Gasteiger partial charge in [0.2, 0.25) is 0 Å². The molecule has 0 bridgehead atoms. The van der Waals surface area contributed by atoms with Crippen LogP contribution in [0, 0.1) is 0 Å². The van der Waals surface area contributed by atoms with E-state index < -0.39 is 0 Å². The summed E-state index contributed by atoms with van der Waals surface area (Å²) in [6.07, 6.45) is 0. The number of hydrogen-bond donors (Lipinski definition) is 0. The second kappa shape index (κ2) is 3.08. The lowest BCUT2D eigenvalue weighted by atomic mass is 10.1.